The lowest BCUT2D eigenvalue weighted by atomic mass is 10.2. The van der Waals surface area contributed by atoms with Crippen molar-refractivity contribution in [1.29, 1.82) is 0 Å². The van der Waals surface area contributed by atoms with Gasteiger partial charge in [-0.3, -0.25) is 9.78 Å². The van der Waals surface area contributed by atoms with Gasteiger partial charge in [0.1, 0.15) is 11.5 Å². The van der Waals surface area contributed by atoms with Gasteiger partial charge in [0, 0.05) is 12.2 Å². The Morgan fingerprint density at radius 1 is 1.21 bits per heavy atom. The average Bonchev–Trinajstić information content (AvgIpc) is 2.93. The molecule has 3 rings (SSSR count). The molecule has 126 valence electrons. The van der Waals surface area contributed by atoms with Gasteiger partial charge in [0.15, 0.2) is 9.84 Å². The minimum Gasteiger partial charge on any atom is -0.365 e. The normalized spacial score (nSPS) is 18.9. The molecular formula is C15H17N5O3S. The highest BCUT2D eigenvalue weighted by atomic mass is 32.2. The number of carbonyl (C=O) groups excluding carboxylic acids is 1. The summed E-state index contributed by atoms with van der Waals surface area (Å²) in [5.74, 6) is 0.397. The SMILES string of the molecule is O=C(NCc1ccccn1)c1cnc(NC2CCS(=O)(=O)C2)cn1. The van der Waals surface area contributed by atoms with E-state index in [2.05, 4.69) is 25.6 Å². The van der Waals surface area contributed by atoms with Gasteiger partial charge >= 0.3 is 0 Å². The highest BCUT2D eigenvalue weighted by molar-refractivity contribution is 7.91. The smallest absolute Gasteiger partial charge is 0.271 e. The summed E-state index contributed by atoms with van der Waals surface area (Å²) in [5.41, 5.74) is 0.940. The monoisotopic (exact) mass is 347 g/mol. The third-order valence-corrected chi connectivity index (χ3v) is 5.39. The minimum atomic E-state index is -2.95. The van der Waals surface area contributed by atoms with Crippen LogP contribution >= 0.6 is 0 Å². The summed E-state index contributed by atoms with van der Waals surface area (Å²) in [6.07, 6.45) is 5.00. The maximum absolute atomic E-state index is 12.0. The molecule has 1 aliphatic heterocycles. The largest absolute Gasteiger partial charge is 0.365 e. The van der Waals surface area contributed by atoms with Crippen LogP contribution in [0.4, 0.5) is 5.82 Å². The molecule has 1 aliphatic rings. The van der Waals surface area contributed by atoms with Crippen molar-refractivity contribution in [2.75, 3.05) is 16.8 Å². The fourth-order valence-electron chi connectivity index (χ4n) is 2.40. The fraction of sp³-hybridized carbons (Fsp3) is 0.333. The molecule has 3 heterocycles. The summed E-state index contributed by atoms with van der Waals surface area (Å²) in [7, 11) is -2.95. The summed E-state index contributed by atoms with van der Waals surface area (Å²) >= 11 is 0. The van der Waals surface area contributed by atoms with Crippen LogP contribution in [0.3, 0.4) is 0 Å². The number of rotatable bonds is 5. The Balaban J connectivity index is 1.55. The number of sulfone groups is 1. The van der Waals surface area contributed by atoms with Crippen molar-refractivity contribution in [2.24, 2.45) is 0 Å². The standard InChI is InChI=1S/C15H17N5O3S/c21-15(19-7-11-3-1-2-5-16-11)13-8-18-14(9-17-13)20-12-4-6-24(22,23)10-12/h1-3,5,8-9,12H,4,6-7,10H2,(H,18,20)(H,19,21). The van der Waals surface area contributed by atoms with E-state index in [0.717, 1.165) is 5.69 Å². The molecule has 24 heavy (non-hydrogen) atoms. The summed E-state index contributed by atoms with van der Waals surface area (Å²) in [5, 5.41) is 5.74. The fourth-order valence-corrected chi connectivity index (χ4v) is 4.08. The second kappa shape index (κ2) is 6.91. The van der Waals surface area contributed by atoms with E-state index in [0.29, 0.717) is 18.8 Å². The first-order valence-corrected chi connectivity index (χ1v) is 9.31. The van der Waals surface area contributed by atoms with E-state index in [1.54, 1.807) is 12.3 Å². The number of amides is 1. The molecule has 0 radical (unpaired) electrons. The van der Waals surface area contributed by atoms with Crippen LogP contribution in [0.2, 0.25) is 0 Å². The third-order valence-electron chi connectivity index (χ3n) is 3.63. The molecule has 0 bridgehead atoms. The zero-order valence-electron chi connectivity index (χ0n) is 12.8. The number of carbonyl (C=O) groups is 1. The lowest BCUT2D eigenvalue weighted by molar-refractivity contribution is 0.0945. The lowest BCUT2D eigenvalue weighted by Crippen LogP contribution is -2.25. The van der Waals surface area contributed by atoms with Crippen LogP contribution in [0.5, 0.6) is 0 Å². The average molecular weight is 347 g/mol. The molecule has 2 aromatic rings. The van der Waals surface area contributed by atoms with Crippen LogP contribution in [0, 0.1) is 0 Å². The number of pyridine rings is 1. The van der Waals surface area contributed by atoms with Crippen LogP contribution in [0.15, 0.2) is 36.8 Å². The van der Waals surface area contributed by atoms with E-state index in [-0.39, 0.29) is 29.1 Å². The number of hydrogen-bond acceptors (Lipinski definition) is 7. The maximum Gasteiger partial charge on any atom is 0.271 e. The zero-order chi connectivity index (χ0) is 17.0. The first-order valence-electron chi connectivity index (χ1n) is 7.49. The molecule has 2 aromatic heterocycles. The topological polar surface area (TPSA) is 114 Å². The van der Waals surface area contributed by atoms with Crippen molar-refractivity contribution >= 4 is 21.6 Å². The first-order chi connectivity index (χ1) is 11.5. The van der Waals surface area contributed by atoms with E-state index in [4.69, 9.17) is 0 Å². The first kappa shape index (κ1) is 16.3. The molecule has 0 spiro atoms. The molecule has 9 heteroatoms. The second-order valence-electron chi connectivity index (χ2n) is 5.53. The van der Waals surface area contributed by atoms with Gasteiger partial charge in [-0.25, -0.2) is 18.4 Å². The summed E-state index contributed by atoms with van der Waals surface area (Å²) in [4.78, 5) is 24.3. The Labute approximate surface area is 139 Å². The number of anilines is 1. The van der Waals surface area contributed by atoms with Crippen molar-refractivity contribution in [1.82, 2.24) is 20.3 Å². The number of aromatic nitrogens is 3. The van der Waals surface area contributed by atoms with E-state index >= 15 is 0 Å². The minimum absolute atomic E-state index is 0.0982. The van der Waals surface area contributed by atoms with Crippen molar-refractivity contribution < 1.29 is 13.2 Å². The molecular weight excluding hydrogens is 330 g/mol. The predicted octanol–water partition coefficient (Wildman–Crippen LogP) is 0.401. The maximum atomic E-state index is 12.0. The van der Waals surface area contributed by atoms with Gasteiger partial charge < -0.3 is 10.6 Å². The zero-order valence-corrected chi connectivity index (χ0v) is 13.7. The van der Waals surface area contributed by atoms with Crippen LogP contribution < -0.4 is 10.6 Å². The third kappa shape index (κ3) is 4.25. The molecule has 0 aliphatic carbocycles. The van der Waals surface area contributed by atoms with Crippen molar-refractivity contribution in [2.45, 2.75) is 19.0 Å². The highest BCUT2D eigenvalue weighted by Crippen LogP contribution is 2.15. The Morgan fingerprint density at radius 2 is 2.08 bits per heavy atom. The summed E-state index contributed by atoms with van der Waals surface area (Å²) < 4.78 is 22.9. The van der Waals surface area contributed by atoms with Crippen LogP contribution in [-0.2, 0) is 16.4 Å². The quantitative estimate of drug-likeness (QED) is 0.804. The second-order valence-corrected chi connectivity index (χ2v) is 7.76. The number of hydrogen-bond donors (Lipinski definition) is 2. The van der Waals surface area contributed by atoms with Gasteiger partial charge in [-0.1, -0.05) is 6.07 Å². The molecule has 2 N–H and O–H groups in total. The van der Waals surface area contributed by atoms with E-state index < -0.39 is 9.84 Å². The Kier molecular flexibility index (Phi) is 4.70. The van der Waals surface area contributed by atoms with Crippen molar-refractivity contribution in [3.05, 3.63) is 48.2 Å². The lowest BCUT2D eigenvalue weighted by Gasteiger charge is -2.11. The predicted molar refractivity (Wildman–Crippen MR) is 88.1 cm³/mol. The summed E-state index contributed by atoms with van der Waals surface area (Å²) in [6, 6.07) is 5.30. The van der Waals surface area contributed by atoms with Crippen molar-refractivity contribution in [3.8, 4) is 0 Å². The molecule has 1 saturated heterocycles. The number of nitrogens with zero attached hydrogens (tertiary/aromatic N) is 3. The molecule has 0 saturated carbocycles. The van der Waals surface area contributed by atoms with Crippen LogP contribution in [0.25, 0.3) is 0 Å². The molecule has 1 atom stereocenters. The molecule has 0 aromatic carbocycles. The molecule has 1 fully saturated rings. The van der Waals surface area contributed by atoms with Crippen LogP contribution in [-0.4, -0.2) is 46.8 Å². The van der Waals surface area contributed by atoms with Crippen molar-refractivity contribution in [3.63, 3.8) is 0 Å². The number of nitrogens with one attached hydrogen (secondary N) is 2. The Hall–Kier alpha value is -2.55. The van der Waals surface area contributed by atoms with Gasteiger partial charge in [-0.15, -0.1) is 0 Å². The van der Waals surface area contributed by atoms with E-state index in [1.165, 1.54) is 12.4 Å². The molecule has 1 unspecified atom stereocenters. The highest BCUT2D eigenvalue weighted by Gasteiger charge is 2.27. The summed E-state index contributed by atoms with van der Waals surface area (Å²) in [6.45, 7) is 0.307. The Bertz CT molecular complexity index is 809. The Morgan fingerprint density at radius 3 is 2.71 bits per heavy atom. The van der Waals surface area contributed by atoms with E-state index in [9.17, 15) is 13.2 Å². The van der Waals surface area contributed by atoms with Gasteiger partial charge in [0.25, 0.3) is 5.91 Å². The van der Waals surface area contributed by atoms with E-state index in [1.807, 2.05) is 12.1 Å². The molecule has 8 nitrogen and oxygen atoms in total. The van der Waals surface area contributed by atoms with Gasteiger partial charge in [0.2, 0.25) is 0 Å². The van der Waals surface area contributed by atoms with Gasteiger partial charge in [-0.05, 0) is 18.6 Å². The molecule has 1 amide bonds. The van der Waals surface area contributed by atoms with Gasteiger partial charge in [0.05, 0.1) is 36.1 Å². The van der Waals surface area contributed by atoms with Crippen LogP contribution in [0.1, 0.15) is 22.6 Å². The van der Waals surface area contributed by atoms with Gasteiger partial charge in [-0.2, -0.15) is 0 Å².